The molecule has 0 radical (unpaired) electrons. The van der Waals surface area contributed by atoms with Crippen molar-refractivity contribution in [2.24, 2.45) is 50.2 Å². The quantitative estimate of drug-likeness (QED) is 0.0622. The van der Waals surface area contributed by atoms with E-state index < -0.39 is 149 Å². The molecule has 7 rings (SSSR count). The predicted molar refractivity (Wildman–Crippen MR) is 244 cm³/mol. The van der Waals surface area contributed by atoms with Crippen molar-refractivity contribution in [2.75, 3.05) is 19.8 Å². The minimum Gasteiger partial charge on any atom is -0.479 e. The lowest BCUT2D eigenvalue weighted by atomic mass is 9.31. The van der Waals surface area contributed by atoms with Gasteiger partial charge in [-0.2, -0.15) is 0 Å². The molecule has 0 spiro atoms. The van der Waals surface area contributed by atoms with Gasteiger partial charge in [-0.05, 0) is 112 Å². The molecule has 18 nitrogen and oxygen atoms in total. The van der Waals surface area contributed by atoms with Crippen LogP contribution in [0, 0.1) is 50.2 Å². The third-order valence-corrected chi connectivity index (χ3v) is 19.0. The van der Waals surface area contributed by atoms with Gasteiger partial charge in [0.05, 0.1) is 30.8 Å². The molecule has 2 heterocycles. The summed E-state index contributed by atoms with van der Waals surface area (Å²) < 4.78 is 35.8. The number of carbonyl (C=O) groups excluding carboxylic acids is 2. The molecule has 0 aromatic heterocycles. The summed E-state index contributed by atoms with van der Waals surface area (Å²) >= 11 is 0. The van der Waals surface area contributed by atoms with E-state index in [9.17, 15) is 60.3 Å². The van der Waals surface area contributed by atoms with Crippen LogP contribution in [0.2, 0.25) is 0 Å². The molecule has 5 aliphatic carbocycles. The molecule has 0 aromatic carbocycles. The van der Waals surface area contributed by atoms with Gasteiger partial charge in [0.1, 0.15) is 42.7 Å². The van der Waals surface area contributed by atoms with Crippen LogP contribution in [0.25, 0.3) is 0 Å². The largest absolute Gasteiger partial charge is 0.479 e. The standard InChI is InChI=1S/C51H78O18/c1-11-24(3)42(62)68-39-40(69-43(63)25(4)12-2)51(23-53)28(18-46(39,5)6)27-13-14-30-48(8)16-15-26(17-31(48)47(7,22-52)21-50(30,10)49(27,9)19-32(51)55)65-45-36(59)37(35(58)38(67-45)41(60)61)66-44-34(57)33(56)29(54)20-64-44/h11-13,26,28-40,44-45,52-59H,14-23H2,1-10H3,(H,60,61). The lowest BCUT2D eigenvalue weighted by Gasteiger charge is -2.73. The number of carbonyl (C=O) groups is 3. The summed E-state index contributed by atoms with van der Waals surface area (Å²) in [5.41, 5.74) is -2.93. The minimum atomic E-state index is -1.94. The Morgan fingerprint density at radius 3 is 1.99 bits per heavy atom. The highest BCUT2D eigenvalue weighted by Crippen LogP contribution is 2.77. The number of ether oxygens (including phenoxy) is 6. The van der Waals surface area contributed by atoms with Crippen LogP contribution in [-0.4, -0.2) is 163 Å². The van der Waals surface area contributed by atoms with Crippen molar-refractivity contribution >= 4 is 17.9 Å². The molecular formula is C51H78O18. The van der Waals surface area contributed by atoms with Gasteiger partial charge >= 0.3 is 17.9 Å². The summed E-state index contributed by atoms with van der Waals surface area (Å²) in [7, 11) is 0. The predicted octanol–water partition coefficient (Wildman–Crippen LogP) is 2.44. The van der Waals surface area contributed by atoms with Gasteiger partial charge in [0, 0.05) is 23.2 Å². The van der Waals surface area contributed by atoms with Gasteiger partial charge in [-0.1, -0.05) is 65.3 Å². The van der Waals surface area contributed by atoms with Gasteiger partial charge in [-0.25, -0.2) is 14.4 Å². The fourth-order valence-electron chi connectivity index (χ4n) is 14.7. The van der Waals surface area contributed by atoms with Gasteiger partial charge in [-0.15, -0.1) is 0 Å². The summed E-state index contributed by atoms with van der Waals surface area (Å²) in [5.74, 6) is -3.46. The van der Waals surface area contributed by atoms with E-state index in [0.717, 1.165) is 5.57 Å². The average molecular weight is 979 g/mol. The molecule has 0 aromatic rings. The van der Waals surface area contributed by atoms with Crippen LogP contribution in [-0.2, 0) is 42.8 Å². The first kappa shape index (κ1) is 53.9. The molecule has 7 aliphatic rings. The zero-order valence-corrected chi connectivity index (χ0v) is 41.7. The molecule has 390 valence electrons. The van der Waals surface area contributed by atoms with Crippen molar-refractivity contribution in [3.8, 4) is 0 Å². The van der Waals surface area contributed by atoms with Crippen molar-refractivity contribution in [3.05, 3.63) is 34.9 Å². The van der Waals surface area contributed by atoms with E-state index >= 15 is 0 Å². The molecule has 2 saturated heterocycles. The van der Waals surface area contributed by atoms with Crippen LogP contribution in [0.5, 0.6) is 0 Å². The lowest BCUT2D eigenvalue weighted by molar-refractivity contribution is -0.352. The van der Waals surface area contributed by atoms with E-state index in [4.69, 9.17) is 28.4 Å². The van der Waals surface area contributed by atoms with Crippen LogP contribution in [0.3, 0.4) is 0 Å². The van der Waals surface area contributed by atoms with Crippen LogP contribution >= 0.6 is 0 Å². The molecule has 4 saturated carbocycles. The maximum atomic E-state index is 13.8. The average Bonchev–Trinajstić information content (AvgIpc) is 3.29. The van der Waals surface area contributed by atoms with E-state index in [1.165, 1.54) is 0 Å². The summed E-state index contributed by atoms with van der Waals surface area (Å²) in [6.07, 6.45) is -10.9. The fourth-order valence-corrected chi connectivity index (χ4v) is 14.7. The number of hydrogen-bond donors (Lipinski definition) is 9. The second-order valence-electron chi connectivity index (χ2n) is 23.2. The number of rotatable bonds is 11. The van der Waals surface area contributed by atoms with Gasteiger partial charge in [-0.3, -0.25) is 0 Å². The Labute approximate surface area is 404 Å². The monoisotopic (exact) mass is 979 g/mol. The van der Waals surface area contributed by atoms with E-state index in [2.05, 4.69) is 33.8 Å². The smallest absolute Gasteiger partial charge is 0.335 e. The number of aliphatic hydroxyl groups is 8. The van der Waals surface area contributed by atoms with Crippen LogP contribution in [0.1, 0.15) is 114 Å². The first-order valence-electron chi connectivity index (χ1n) is 24.7. The minimum absolute atomic E-state index is 0.00913. The van der Waals surface area contributed by atoms with Gasteiger partial charge < -0.3 is 74.4 Å². The topological polar surface area (TPSA) is 289 Å². The molecule has 6 fully saturated rings. The number of esters is 2. The Hall–Kier alpha value is -2.85. The van der Waals surface area contributed by atoms with Crippen molar-refractivity contribution in [2.45, 2.75) is 194 Å². The van der Waals surface area contributed by atoms with Crippen molar-refractivity contribution in [1.29, 1.82) is 0 Å². The second kappa shape index (κ2) is 19.2. The molecule has 0 bridgehead atoms. The van der Waals surface area contributed by atoms with Crippen molar-refractivity contribution < 1.29 is 88.8 Å². The summed E-state index contributed by atoms with van der Waals surface area (Å²) in [4.78, 5) is 39.6. The molecular weight excluding hydrogens is 901 g/mol. The molecule has 18 heteroatoms. The van der Waals surface area contributed by atoms with Crippen molar-refractivity contribution in [1.82, 2.24) is 0 Å². The summed E-state index contributed by atoms with van der Waals surface area (Å²) in [5, 5.41) is 99.5. The van der Waals surface area contributed by atoms with E-state index in [-0.39, 0.29) is 24.9 Å². The fraction of sp³-hybridized carbons (Fsp3) is 0.824. The molecule has 9 N–H and O–H groups in total. The maximum absolute atomic E-state index is 13.8. The third-order valence-electron chi connectivity index (χ3n) is 19.0. The number of aliphatic carboxylic acids is 1. The van der Waals surface area contributed by atoms with Crippen LogP contribution in [0.15, 0.2) is 34.9 Å². The van der Waals surface area contributed by atoms with E-state index in [0.29, 0.717) is 49.7 Å². The van der Waals surface area contributed by atoms with Gasteiger partial charge in [0.25, 0.3) is 0 Å². The second-order valence-corrected chi connectivity index (χ2v) is 23.2. The Morgan fingerprint density at radius 1 is 0.783 bits per heavy atom. The number of carboxylic acid groups (broad SMARTS) is 1. The van der Waals surface area contributed by atoms with Gasteiger partial charge in [0.15, 0.2) is 24.8 Å². The summed E-state index contributed by atoms with van der Waals surface area (Å²) in [6.45, 7) is 18.2. The zero-order chi connectivity index (χ0) is 51.1. The molecule has 69 heavy (non-hydrogen) atoms. The Kier molecular flexibility index (Phi) is 15.0. The van der Waals surface area contributed by atoms with E-state index in [1.54, 1.807) is 39.8 Å². The number of allylic oxidation sites excluding steroid dienone is 4. The lowest BCUT2D eigenvalue weighted by Crippen LogP contribution is -2.73. The zero-order valence-electron chi connectivity index (χ0n) is 41.7. The number of fused-ring (bicyclic) bond motifs is 7. The summed E-state index contributed by atoms with van der Waals surface area (Å²) in [6, 6.07) is 0. The highest BCUT2D eigenvalue weighted by Gasteiger charge is 2.74. The molecule has 21 unspecified atom stereocenters. The Balaban J connectivity index is 1.20. The number of carboxylic acids is 1. The molecule has 0 amide bonds. The highest BCUT2D eigenvalue weighted by atomic mass is 16.7. The first-order chi connectivity index (χ1) is 32.2. The number of hydrogen-bond acceptors (Lipinski definition) is 17. The van der Waals surface area contributed by atoms with Crippen molar-refractivity contribution in [3.63, 3.8) is 0 Å². The Bertz CT molecular complexity index is 2050. The molecule has 2 aliphatic heterocycles. The normalized spacial score (nSPS) is 48.7. The van der Waals surface area contributed by atoms with Gasteiger partial charge in [0.2, 0.25) is 0 Å². The SMILES string of the molecule is CC=C(C)C(=O)OC1C(OC(=O)C(C)=CC)C2(CO)C(O)CC3(C)C(=CCC4C5(C)CCC(OC6OC(C(=O)O)C(O)C(OC7OCC(O)C(O)C7O)C6O)CC5C(C)(CO)CC43C)C2CC1(C)C. The van der Waals surface area contributed by atoms with Crippen LogP contribution < -0.4 is 0 Å². The third kappa shape index (κ3) is 8.57. The molecule has 21 atom stereocenters. The van der Waals surface area contributed by atoms with E-state index in [1.807, 2.05) is 13.8 Å². The maximum Gasteiger partial charge on any atom is 0.335 e. The first-order valence-corrected chi connectivity index (χ1v) is 24.7. The van der Waals surface area contributed by atoms with Crippen LogP contribution in [0.4, 0.5) is 0 Å². The highest BCUT2D eigenvalue weighted by molar-refractivity contribution is 5.89. The number of aliphatic hydroxyl groups excluding tert-OH is 8. The Morgan fingerprint density at radius 2 is 1.41 bits per heavy atom.